The van der Waals surface area contributed by atoms with Crippen LogP contribution in [0.5, 0.6) is 0 Å². The molecule has 0 bridgehead atoms. The van der Waals surface area contributed by atoms with Gasteiger partial charge in [-0.3, -0.25) is 4.79 Å². The highest BCUT2D eigenvalue weighted by Crippen LogP contribution is 2.24. The Labute approximate surface area is 105 Å². The van der Waals surface area contributed by atoms with Gasteiger partial charge in [0, 0.05) is 28.7 Å². The van der Waals surface area contributed by atoms with Crippen LogP contribution in [0.4, 0.5) is 0 Å². The van der Waals surface area contributed by atoms with Crippen molar-refractivity contribution in [1.29, 1.82) is 0 Å². The van der Waals surface area contributed by atoms with E-state index in [2.05, 4.69) is 11.1 Å². The van der Waals surface area contributed by atoms with Gasteiger partial charge in [0.05, 0.1) is 5.52 Å². The fraction of sp³-hybridized carbons (Fsp3) is 0.214. The number of carbonyl (C=O) groups is 1. The van der Waals surface area contributed by atoms with Crippen LogP contribution in [0.3, 0.4) is 0 Å². The molecule has 0 aliphatic carbocycles. The van der Waals surface area contributed by atoms with E-state index in [1.807, 2.05) is 25.3 Å². The number of hydrogen-bond donors (Lipinski definition) is 0. The maximum atomic E-state index is 11.0. The summed E-state index contributed by atoms with van der Waals surface area (Å²) in [5.41, 5.74) is 2.83. The van der Waals surface area contributed by atoms with Crippen molar-refractivity contribution >= 4 is 28.8 Å². The molecule has 2 rings (SSSR count). The second-order valence-electron chi connectivity index (χ2n) is 4.26. The zero-order chi connectivity index (χ0) is 12.4. The number of benzene rings is 1. The van der Waals surface area contributed by atoms with E-state index in [-0.39, 0.29) is 0 Å². The van der Waals surface area contributed by atoms with Crippen molar-refractivity contribution in [1.82, 2.24) is 4.57 Å². The SMILES string of the molecule is C=C(C)CCn1cc(C=O)c2ccc(Cl)cc21. The molecule has 2 nitrogen and oxygen atoms in total. The Morgan fingerprint density at radius 2 is 2.29 bits per heavy atom. The van der Waals surface area contributed by atoms with Gasteiger partial charge in [0.15, 0.2) is 6.29 Å². The van der Waals surface area contributed by atoms with E-state index >= 15 is 0 Å². The van der Waals surface area contributed by atoms with E-state index in [1.54, 1.807) is 6.07 Å². The van der Waals surface area contributed by atoms with Gasteiger partial charge < -0.3 is 4.57 Å². The van der Waals surface area contributed by atoms with E-state index in [9.17, 15) is 4.79 Å². The van der Waals surface area contributed by atoms with Crippen molar-refractivity contribution in [3.8, 4) is 0 Å². The standard InChI is InChI=1S/C14H14ClNO/c1-10(2)5-6-16-8-11(9-17)13-4-3-12(15)7-14(13)16/h3-4,7-9H,1,5-6H2,2H3. The molecule has 1 aromatic heterocycles. The van der Waals surface area contributed by atoms with Crippen molar-refractivity contribution in [2.75, 3.05) is 0 Å². The molecule has 0 saturated carbocycles. The second kappa shape index (κ2) is 4.76. The van der Waals surface area contributed by atoms with Crippen LogP contribution in [0.1, 0.15) is 23.7 Å². The molecule has 0 radical (unpaired) electrons. The summed E-state index contributed by atoms with van der Waals surface area (Å²) in [4.78, 5) is 11.0. The summed E-state index contributed by atoms with van der Waals surface area (Å²) < 4.78 is 2.06. The van der Waals surface area contributed by atoms with Crippen molar-refractivity contribution in [3.05, 3.63) is 47.1 Å². The summed E-state index contributed by atoms with van der Waals surface area (Å²) in [5, 5.41) is 1.63. The van der Waals surface area contributed by atoms with Crippen LogP contribution in [-0.2, 0) is 6.54 Å². The first-order chi connectivity index (χ1) is 8.11. The van der Waals surface area contributed by atoms with Gasteiger partial charge in [-0.1, -0.05) is 23.2 Å². The fourth-order valence-corrected chi connectivity index (χ4v) is 2.05. The topological polar surface area (TPSA) is 22.0 Å². The minimum Gasteiger partial charge on any atom is -0.346 e. The zero-order valence-corrected chi connectivity index (χ0v) is 10.5. The number of carbonyl (C=O) groups excluding carboxylic acids is 1. The maximum Gasteiger partial charge on any atom is 0.152 e. The number of nitrogens with zero attached hydrogens (tertiary/aromatic N) is 1. The molecule has 2 aromatic rings. The number of aldehydes is 1. The first-order valence-corrected chi connectivity index (χ1v) is 5.87. The minimum atomic E-state index is 0.685. The molecule has 3 heteroatoms. The molecule has 17 heavy (non-hydrogen) atoms. The first-order valence-electron chi connectivity index (χ1n) is 5.50. The summed E-state index contributed by atoms with van der Waals surface area (Å²) in [7, 11) is 0. The summed E-state index contributed by atoms with van der Waals surface area (Å²) in [6, 6.07) is 5.58. The van der Waals surface area contributed by atoms with E-state index in [1.165, 1.54) is 0 Å². The molecule has 1 aromatic carbocycles. The molecule has 0 N–H and O–H groups in total. The van der Waals surface area contributed by atoms with Crippen LogP contribution < -0.4 is 0 Å². The Morgan fingerprint density at radius 3 is 2.94 bits per heavy atom. The van der Waals surface area contributed by atoms with Gasteiger partial charge in [0.1, 0.15) is 0 Å². The quantitative estimate of drug-likeness (QED) is 0.590. The van der Waals surface area contributed by atoms with Gasteiger partial charge in [0.2, 0.25) is 0 Å². The van der Waals surface area contributed by atoms with Gasteiger partial charge in [0.25, 0.3) is 0 Å². The Bertz CT molecular complexity index is 583. The largest absolute Gasteiger partial charge is 0.346 e. The summed E-state index contributed by atoms with van der Waals surface area (Å²) in [6.07, 6.45) is 3.65. The van der Waals surface area contributed by atoms with Crippen LogP contribution in [0.15, 0.2) is 36.5 Å². The monoisotopic (exact) mass is 247 g/mol. The Morgan fingerprint density at radius 1 is 1.53 bits per heavy atom. The fourth-order valence-electron chi connectivity index (χ4n) is 1.88. The molecule has 0 unspecified atom stereocenters. The van der Waals surface area contributed by atoms with E-state index in [0.29, 0.717) is 10.6 Å². The second-order valence-corrected chi connectivity index (χ2v) is 4.70. The number of rotatable bonds is 4. The lowest BCUT2D eigenvalue weighted by Gasteiger charge is -2.05. The van der Waals surface area contributed by atoms with Crippen molar-refractivity contribution in [2.45, 2.75) is 19.9 Å². The van der Waals surface area contributed by atoms with Gasteiger partial charge in [-0.05, 0) is 25.5 Å². The average Bonchev–Trinajstić information content (AvgIpc) is 2.63. The van der Waals surface area contributed by atoms with Crippen molar-refractivity contribution < 1.29 is 4.79 Å². The zero-order valence-electron chi connectivity index (χ0n) is 9.74. The lowest BCUT2D eigenvalue weighted by atomic mass is 10.2. The lowest BCUT2D eigenvalue weighted by Crippen LogP contribution is -1.96. The number of hydrogen-bond acceptors (Lipinski definition) is 1. The van der Waals surface area contributed by atoms with Crippen LogP contribution in [0.2, 0.25) is 5.02 Å². The summed E-state index contributed by atoms with van der Waals surface area (Å²) in [5.74, 6) is 0. The highest BCUT2D eigenvalue weighted by Gasteiger charge is 2.08. The van der Waals surface area contributed by atoms with Crippen molar-refractivity contribution in [3.63, 3.8) is 0 Å². The van der Waals surface area contributed by atoms with Crippen molar-refractivity contribution in [2.24, 2.45) is 0 Å². The van der Waals surface area contributed by atoms with E-state index in [0.717, 1.165) is 35.7 Å². The number of allylic oxidation sites excluding steroid dienone is 1. The van der Waals surface area contributed by atoms with Gasteiger partial charge in [-0.25, -0.2) is 0 Å². The molecule has 0 fully saturated rings. The van der Waals surface area contributed by atoms with Crippen LogP contribution >= 0.6 is 11.6 Å². The Balaban J connectivity index is 2.50. The molecular weight excluding hydrogens is 234 g/mol. The Hall–Kier alpha value is -1.54. The normalized spacial score (nSPS) is 10.7. The lowest BCUT2D eigenvalue weighted by molar-refractivity contribution is 0.112. The van der Waals surface area contributed by atoms with Gasteiger partial charge in [-0.2, -0.15) is 0 Å². The third-order valence-electron chi connectivity index (χ3n) is 2.78. The number of fused-ring (bicyclic) bond motifs is 1. The highest BCUT2D eigenvalue weighted by molar-refractivity contribution is 6.31. The van der Waals surface area contributed by atoms with Crippen LogP contribution in [0, 0.1) is 0 Å². The average molecular weight is 248 g/mol. The molecule has 0 amide bonds. The summed E-state index contributed by atoms with van der Waals surface area (Å²) >= 11 is 5.99. The van der Waals surface area contributed by atoms with E-state index < -0.39 is 0 Å². The molecule has 0 aliphatic heterocycles. The summed E-state index contributed by atoms with van der Waals surface area (Å²) in [6.45, 7) is 6.70. The number of aromatic nitrogens is 1. The number of halogens is 1. The molecule has 0 saturated heterocycles. The molecule has 0 aliphatic rings. The predicted molar refractivity (Wildman–Crippen MR) is 71.8 cm³/mol. The molecule has 1 heterocycles. The molecule has 0 atom stereocenters. The number of aryl methyl sites for hydroxylation is 1. The third-order valence-corrected chi connectivity index (χ3v) is 3.02. The first kappa shape index (κ1) is 11.9. The van der Waals surface area contributed by atoms with E-state index in [4.69, 9.17) is 11.6 Å². The maximum absolute atomic E-state index is 11.0. The molecular formula is C14H14ClNO. The van der Waals surface area contributed by atoms with Gasteiger partial charge in [-0.15, -0.1) is 6.58 Å². The highest BCUT2D eigenvalue weighted by atomic mass is 35.5. The Kier molecular flexibility index (Phi) is 3.34. The molecule has 0 spiro atoms. The third kappa shape index (κ3) is 2.42. The van der Waals surface area contributed by atoms with Crippen LogP contribution in [-0.4, -0.2) is 10.9 Å². The molecule has 88 valence electrons. The predicted octanol–water partition coefficient (Wildman–Crippen LogP) is 4.07. The van der Waals surface area contributed by atoms with Crippen LogP contribution in [0.25, 0.3) is 10.9 Å². The smallest absolute Gasteiger partial charge is 0.152 e. The van der Waals surface area contributed by atoms with Gasteiger partial charge >= 0.3 is 0 Å². The minimum absolute atomic E-state index is 0.685.